The fraction of sp³-hybridized carbons (Fsp3) is 0.467. The second-order valence-electron chi connectivity index (χ2n) is 15.3. The first-order valence-electron chi connectivity index (χ1n) is 20.4. The Balaban J connectivity index is 0.000000262. The summed E-state index contributed by atoms with van der Waals surface area (Å²) < 4.78 is 61.0. The number of ether oxygens (including phenoxy) is 1. The summed E-state index contributed by atoms with van der Waals surface area (Å²) in [5.74, 6) is -10.2. The maximum atomic E-state index is 14.4. The molecule has 14 heteroatoms. The molecule has 4 N–H and O–H groups in total. The van der Waals surface area contributed by atoms with Gasteiger partial charge >= 0.3 is 176 Å². The van der Waals surface area contributed by atoms with Crippen molar-refractivity contribution < 1.29 is 46.9 Å². The molecule has 0 radical (unpaired) electrons. The molecule has 2 heterocycles. The molecule has 2 saturated heterocycles. The van der Waals surface area contributed by atoms with Crippen molar-refractivity contribution in [3.8, 4) is 0 Å². The fourth-order valence-corrected chi connectivity index (χ4v) is 13.2. The van der Waals surface area contributed by atoms with E-state index in [2.05, 4.69) is 17.6 Å². The molecule has 1 amide bonds. The van der Waals surface area contributed by atoms with Crippen LogP contribution in [0.2, 0.25) is 0 Å². The SMILES string of the molecule is CCCCCNC(=S)CC(=O)NC[C@H]1[C@@H](C/C=C\CCC(F)(F)C(=O)O)[C@H]2CC[C@@H]1O2.O=C(O)CC(F)(F)CC[PH](c1ccccc1)(c1ccccc1)c1ccccc1. The van der Waals surface area contributed by atoms with E-state index < -0.39 is 50.3 Å². The standard InChI is InChI=1S/C23H23F2O2P.C22H34F2N2O4S/c24-23(25,18-22(26)27)16-17-28(19-10-4-1-5-11-19,20-12-6-2-7-13-20)21-14-8-3-9-15-21;1-2-3-7-12-25-20(31)13-19(27)26-14-16-15(17-9-10-18(16)30-17)8-5-4-6-11-22(23,24)21(28)29/h1-15,28H,16-18H2,(H,26,27);4-5,15-18H,2-3,6-14H2,1H3,(H,25,31)(H,26,27)(H,28,29)/b;5-4-/t;15-,16+,17-,18+/m.1/s1. The first kappa shape index (κ1) is 47.5. The molecule has 3 aromatic carbocycles. The van der Waals surface area contributed by atoms with Crippen LogP contribution >= 0.6 is 19.5 Å². The van der Waals surface area contributed by atoms with E-state index >= 15 is 0 Å². The number of aliphatic carboxylic acids is 2. The van der Waals surface area contributed by atoms with Gasteiger partial charge in [-0.2, -0.15) is 8.78 Å². The van der Waals surface area contributed by atoms with Crippen molar-refractivity contribution in [2.24, 2.45) is 11.8 Å². The van der Waals surface area contributed by atoms with E-state index in [1.807, 2.05) is 97.1 Å². The van der Waals surface area contributed by atoms with Gasteiger partial charge in [-0.3, -0.25) is 4.79 Å². The van der Waals surface area contributed by atoms with Crippen LogP contribution in [0.15, 0.2) is 103 Å². The van der Waals surface area contributed by atoms with Crippen LogP contribution in [0.3, 0.4) is 0 Å². The van der Waals surface area contributed by atoms with Crippen LogP contribution in [0, 0.1) is 11.8 Å². The normalized spacial score (nSPS) is 19.1. The molecule has 8 nitrogen and oxygen atoms in total. The van der Waals surface area contributed by atoms with Gasteiger partial charge in [0.05, 0.1) is 23.6 Å². The molecule has 3 aromatic rings. The number of hydrogen-bond acceptors (Lipinski definition) is 5. The number of halogens is 4. The number of carbonyl (C=O) groups is 3. The summed E-state index contributed by atoms with van der Waals surface area (Å²) in [6.07, 6.45) is 7.65. The molecule has 2 aliphatic heterocycles. The number of carbonyl (C=O) groups excluding carboxylic acids is 1. The number of unbranched alkanes of at least 4 members (excludes halogenated alkanes) is 2. The van der Waals surface area contributed by atoms with Crippen LogP contribution in [0.1, 0.15) is 77.6 Å². The van der Waals surface area contributed by atoms with Crippen LogP contribution in [0.5, 0.6) is 0 Å². The van der Waals surface area contributed by atoms with Gasteiger partial charge in [-0.25, -0.2) is 4.79 Å². The Bertz CT molecular complexity index is 1730. The number of fused-ring (bicyclic) bond motifs is 2. The molecule has 2 bridgehead atoms. The third-order valence-corrected chi connectivity index (χ3v) is 16.4. The zero-order valence-electron chi connectivity index (χ0n) is 33.5. The van der Waals surface area contributed by atoms with Gasteiger partial charge in [0.15, 0.2) is 0 Å². The first-order chi connectivity index (χ1) is 28.2. The topological polar surface area (TPSA) is 125 Å². The number of hydrogen-bond donors (Lipinski definition) is 4. The molecule has 2 aliphatic rings. The van der Waals surface area contributed by atoms with Crippen LogP contribution in [0.4, 0.5) is 17.6 Å². The predicted octanol–water partition coefficient (Wildman–Crippen LogP) is 8.05. The number of carboxylic acid groups (broad SMARTS) is 2. The maximum absolute atomic E-state index is 14.4. The Hall–Kier alpha value is -4.19. The third kappa shape index (κ3) is 14.2. The van der Waals surface area contributed by atoms with Crippen LogP contribution in [-0.4, -0.2) is 76.4 Å². The Labute approximate surface area is 350 Å². The molecular formula is C45H57F4N2O6PS. The van der Waals surface area contributed by atoms with Crippen LogP contribution in [0.25, 0.3) is 0 Å². The van der Waals surface area contributed by atoms with Gasteiger partial charge in [-0.1, -0.05) is 44.1 Å². The van der Waals surface area contributed by atoms with Crippen molar-refractivity contribution in [2.75, 3.05) is 19.3 Å². The average molecular weight is 861 g/mol. The summed E-state index contributed by atoms with van der Waals surface area (Å²) in [7, 11) is -2.76. The molecule has 59 heavy (non-hydrogen) atoms. The number of benzene rings is 3. The summed E-state index contributed by atoms with van der Waals surface area (Å²) in [5, 5.41) is 26.5. The molecular weight excluding hydrogens is 804 g/mol. The minimum atomic E-state index is -3.70. The van der Waals surface area contributed by atoms with Gasteiger partial charge in [0.25, 0.3) is 0 Å². The van der Waals surface area contributed by atoms with Crippen molar-refractivity contribution >= 4 is 58.2 Å². The molecule has 0 aromatic heterocycles. The van der Waals surface area contributed by atoms with Crippen molar-refractivity contribution in [2.45, 2.75) is 102 Å². The van der Waals surface area contributed by atoms with Gasteiger partial charge in [-0.15, -0.1) is 0 Å². The van der Waals surface area contributed by atoms with Gasteiger partial charge < -0.3 is 20.5 Å². The number of carboxylic acids is 2. The quantitative estimate of drug-likeness (QED) is 0.0263. The van der Waals surface area contributed by atoms with E-state index in [0.717, 1.165) is 54.6 Å². The van der Waals surface area contributed by atoms with Crippen molar-refractivity contribution in [3.05, 3.63) is 103 Å². The van der Waals surface area contributed by atoms with Crippen molar-refractivity contribution in [3.63, 3.8) is 0 Å². The first-order valence-corrected chi connectivity index (χ1v) is 23.0. The van der Waals surface area contributed by atoms with Gasteiger partial charge in [0.1, 0.15) is 0 Å². The van der Waals surface area contributed by atoms with E-state index in [-0.39, 0.29) is 49.0 Å². The number of allylic oxidation sites excluding steroid dienone is 2. The number of nitrogens with one attached hydrogen (secondary N) is 2. The Morgan fingerprint density at radius 3 is 1.85 bits per heavy atom. The van der Waals surface area contributed by atoms with E-state index in [9.17, 15) is 31.9 Å². The molecule has 0 aliphatic carbocycles. The number of rotatable bonds is 22. The summed E-state index contributed by atoms with van der Waals surface area (Å²) in [5.41, 5.74) is 0. The predicted molar refractivity (Wildman–Crippen MR) is 231 cm³/mol. The molecule has 0 saturated carbocycles. The molecule has 5 rings (SSSR count). The van der Waals surface area contributed by atoms with Crippen molar-refractivity contribution in [1.29, 1.82) is 0 Å². The Morgan fingerprint density at radius 1 is 0.797 bits per heavy atom. The van der Waals surface area contributed by atoms with E-state index in [4.69, 9.17) is 27.2 Å². The minimum absolute atomic E-state index is 0.00504. The van der Waals surface area contributed by atoms with Gasteiger partial charge in [0, 0.05) is 25.4 Å². The Morgan fingerprint density at radius 2 is 1.34 bits per heavy atom. The molecule has 0 spiro atoms. The summed E-state index contributed by atoms with van der Waals surface area (Å²) in [6, 6.07) is 29.3. The zero-order valence-corrected chi connectivity index (χ0v) is 35.3. The molecule has 322 valence electrons. The molecule has 4 atom stereocenters. The van der Waals surface area contributed by atoms with Crippen LogP contribution < -0.4 is 26.5 Å². The van der Waals surface area contributed by atoms with Crippen LogP contribution in [-0.2, 0) is 19.1 Å². The number of amides is 1. The number of thiocarbonyl (C=S) groups is 1. The monoisotopic (exact) mass is 860 g/mol. The fourth-order valence-electron chi connectivity index (χ4n) is 8.11. The molecule has 2 fully saturated rings. The van der Waals surface area contributed by atoms with E-state index in [1.165, 1.54) is 0 Å². The van der Waals surface area contributed by atoms with E-state index in [0.29, 0.717) is 18.0 Å². The van der Waals surface area contributed by atoms with Gasteiger partial charge in [-0.05, 0) is 38.0 Å². The molecule has 0 unspecified atom stereocenters. The van der Waals surface area contributed by atoms with Gasteiger partial charge in [0.2, 0.25) is 5.91 Å². The zero-order chi connectivity index (χ0) is 42.9. The second kappa shape index (κ2) is 23.0. The second-order valence-corrected chi connectivity index (χ2v) is 19.9. The average Bonchev–Trinajstić information content (AvgIpc) is 3.82. The summed E-state index contributed by atoms with van der Waals surface area (Å²) in [4.78, 5) is 34.1. The third-order valence-electron chi connectivity index (χ3n) is 11.1. The summed E-state index contributed by atoms with van der Waals surface area (Å²) >= 11 is 5.23. The number of alkyl halides is 4. The summed E-state index contributed by atoms with van der Waals surface area (Å²) in [6.45, 7) is 3.42. The van der Waals surface area contributed by atoms with E-state index in [1.54, 1.807) is 6.08 Å². The van der Waals surface area contributed by atoms with Crippen molar-refractivity contribution in [1.82, 2.24) is 10.6 Å². The Kier molecular flexibility index (Phi) is 18.5.